The lowest BCUT2D eigenvalue weighted by atomic mass is 10.2. The maximum atomic E-state index is 11.9. The van der Waals surface area contributed by atoms with E-state index in [1.165, 1.54) is 4.90 Å². The normalized spacial score (nSPS) is 10.9. The second kappa shape index (κ2) is 12.0. The number of carbonyl (C=O) groups excluding carboxylic acids is 1. The number of benzene rings is 1. The zero-order valence-electron chi connectivity index (χ0n) is 15.8. The van der Waals surface area contributed by atoms with Crippen LogP contribution in [0.4, 0.5) is 0 Å². The average molecular weight is 549 g/mol. The van der Waals surface area contributed by atoms with Crippen molar-refractivity contribution >= 4 is 51.8 Å². The van der Waals surface area contributed by atoms with Crippen molar-refractivity contribution in [3.05, 3.63) is 58.5 Å². The molecule has 148 valence electrons. The number of amides is 1. The summed E-state index contributed by atoms with van der Waals surface area (Å²) in [5.74, 6) is 1.56. The quantitative estimate of drug-likeness (QED) is 0.327. The molecule has 0 saturated carbocycles. The van der Waals surface area contributed by atoms with Crippen molar-refractivity contribution in [3.8, 4) is 0 Å². The van der Waals surface area contributed by atoms with Gasteiger partial charge in [0.2, 0.25) is 5.91 Å². The van der Waals surface area contributed by atoms with Crippen LogP contribution >= 0.6 is 39.9 Å². The zero-order valence-corrected chi connectivity index (χ0v) is 19.7. The van der Waals surface area contributed by atoms with Crippen molar-refractivity contribution in [1.82, 2.24) is 15.1 Å². The van der Waals surface area contributed by atoms with Crippen molar-refractivity contribution < 1.29 is 9.21 Å². The number of rotatable bonds is 7. The second-order valence-corrected chi connectivity index (χ2v) is 6.99. The molecule has 1 amide bonds. The molecule has 0 aliphatic carbocycles. The summed E-state index contributed by atoms with van der Waals surface area (Å²) in [6.07, 6.45) is 2.41. The predicted molar refractivity (Wildman–Crippen MR) is 122 cm³/mol. The number of aliphatic imine (C=N–C) groups is 1. The van der Waals surface area contributed by atoms with E-state index in [2.05, 4.69) is 32.3 Å². The van der Waals surface area contributed by atoms with E-state index in [0.717, 1.165) is 22.2 Å². The van der Waals surface area contributed by atoms with Gasteiger partial charge in [0.05, 0.1) is 6.26 Å². The van der Waals surface area contributed by atoms with Gasteiger partial charge in [-0.25, -0.2) is 4.99 Å². The van der Waals surface area contributed by atoms with Crippen LogP contribution in [0.3, 0.4) is 0 Å². The number of nitrogens with zero attached hydrogens (tertiary/aromatic N) is 3. The highest BCUT2D eigenvalue weighted by Crippen LogP contribution is 2.17. The Morgan fingerprint density at radius 1 is 1.19 bits per heavy atom. The molecule has 0 unspecified atom stereocenters. The van der Waals surface area contributed by atoms with Gasteiger partial charge in [0, 0.05) is 45.1 Å². The van der Waals surface area contributed by atoms with Crippen LogP contribution in [0.25, 0.3) is 0 Å². The van der Waals surface area contributed by atoms with Gasteiger partial charge in [-0.15, -0.1) is 24.0 Å². The van der Waals surface area contributed by atoms with Crippen LogP contribution in [0.5, 0.6) is 0 Å². The fraction of sp³-hybridized carbons (Fsp3) is 0.368. The maximum absolute atomic E-state index is 11.9. The van der Waals surface area contributed by atoms with Gasteiger partial charge in [-0.05, 0) is 23.8 Å². The van der Waals surface area contributed by atoms with E-state index in [-0.39, 0.29) is 36.4 Å². The summed E-state index contributed by atoms with van der Waals surface area (Å²) in [5.41, 5.74) is 1.15. The first-order valence-corrected chi connectivity index (χ1v) is 9.22. The average Bonchev–Trinajstić information content (AvgIpc) is 3.12. The molecule has 1 aromatic carbocycles. The monoisotopic (exact) mass is 548 g/mol. The Kier molecular flexibility index (Phi) is 10.5. The lowest BCUT2D eigenvalue weighted by Crippen LogP contribution is -2.40. The Bertz CT molecular complexity index is 735. The summed E-state index contributed by atoms with van der Waals surface area (Å²) >= 11 is 3.57. The molecule has 2 aromatic rings. The van der Waals surface area contributed by atoms with Crippen LogP contribution < -0.4 is 5.32 Å². The van der Waals surface area contributed by atoms with E-state index in [1.54, 1.807) is 20.4 Å². The Morgan fingerprint density at radius 3 is 2.56 bits per heavy atom. The minimum absolute atomic E-state index is 0. The van der Waals surface area contributed by atoms with Crippen molar-refractivity contribution in [1.29, 1.82) is 0 Å². The molecule has 0 aliphatic rings. The van der Waals surface area contributed by atoms with E-state index < -0.39 is 0 Å². The van der Waals surface area contributed by atoms with Crippen molar-refractivity contribution in [2.24, 2.45) is 4.99 Å². The standard InChI is InChI=1S/C19H25BrN4O2.HI/c1-23(2)18(25)13-22-19(21-11-10-16-8-6-12-26-16)24(3)14-15-7-4-5-9-17(15)20;/h4-9,12H,10-11,13-14H2,1-3H3,(H,21,22);1H. The summed E-state index contributed by atoms with van der Waals surface area (Å²) in [6, 6.07) is 11.9. The molecule has 1 aromatic heterocycles. The molecule has 0 radical (unpaired) electrons. The summed E-state index contributed by atoms with van der Waals surface area (Å²) in [7, 11) is 5.41. The van der Waals surface area contributed by atoms with E-state index >= 15 is 0 Å². The van der Waals surface area contributed by atoms with Crippen LogP contribution in [0, 0.1) is 0 Å². The van der Waals surface area contributed by atoms with Gasteiger partial charge in [-0.2, -0.15) is 0 Å². The van der Waals surface area contributed by atoms with Gasteiger partial charge in [0.1, 0.15) is 12.3 Å². The first kappa shape index (κ1) is 23.5. The third-order valence-corrected chi connectivity index (χ3v) is 4.60. The van der Waals surface area contributed by atoms with Gasteiger partial charge in [0.25, 0.3) is 0 Å². The van der Waals surface area contributed by atoms with Gasteiger partial charge in [-0.1, -0.05) is 34.1 Å². The molecular weight excluding hydrogens is 523 g/mol. The summed E-state index contributed by atoms with van der Waals surface area (Å²) in [6.45, 7) is 1.45. The number of carbonyl (C=O) groups is 1. The molecule has 0 aliphatic heterocycles. The first-order chi connectivity index (χ1) is 12.5. The molecular formula is C19H26BrIN4O2. The maximum Gasteiger partial charge on any atom is 0.243 e. The molecule has 0 saturated heterocycles. The minimum atomic E-state index is -0.0374. The Balaban J connectivity index is 0.00000364. The van der Waals surface area contributed by atoms with Gasteiger partial charge < -0.3 is 19.5 Å². The Labute approximate surface area is 186 Å². The second-order valence-electron chi connectivity index (χ2n) is 6.13. The molecule has 0 spiro atoms. The first-order valence-electron chi connectivity index (χ1n) is 8.42. The van der Waals surface area contributed by atoms with Crippen molar-refractivity contribution in [3.63, 3.8) is 0 Å². The number of likely N-dealkylation sites (N-methyl/N-ethyl adjacent to an activating group) is 1. The molecule has 8 heteroatoms. The number of hydrogen-bond acceptors (Lipinski definition) is 3. The zero-order chi connectivity index (χ0) is 18.9. The molecule has 2 rings (SSSR count). The minimum Gasteiger partial charge on any atom is -0.469 e. The fourth-order valence-electron chi connectivity index (χ4n) is 2.30. The molecule has 27 heavy (non-hydrogen) atoms. The third-order valence-electron chi connectivity index (χ3n) is 3.82. The van der Waals surface area contributed by atoms with E-state index in [1.807, 2.05) is 42.3 Å². The molecule has 1 N–H and O–H groups in total. The number of guanidine groups is 1. The van der Waals surface area contributed by atoms with E-state index in [4.69, 9.17) is 4.42 Å². The van der Waals surface area contributed by atoms with Crippen molar-refractivity contribution in [2.75, 3.05) is 34.2 Å². The molecule has 0 fully saturated rings. The molecule has 0 atom stereocenters. The topological polar surface area (TPSA) is 61.1 Å². The lowest BCUT2D eigenvalue weighted by Gasteiger charge is -2.23. The number of nitrogens with one attached hydrogen (secondary N) is 1. The summed E-state index contributed by atoms with van der Waals surface area (Å²) in [4.78, 5) is 19.9. The third kappa shape index (κ3) is 7.92. The van der Waals surface area contributed by atoms with E-state index in [0.29, 0.717) is 19.0 Å². The van der Waals surface area contributed by atoms with Gasteiger partial charge in [0.15, 0.2) is 5.96 Å². The summed E-state index contributed by atoms with van der Waals surface area (Å²) < 4.78 is 6.40. The van der Waals surface area contributed by atoms with Crippen LogP contribution in [0.15, 0.2) is 56.5 Å². The Morgan fingerprint density at radius 2 is 1.93 bits per heavy atom. The lowest BCUT2D eigenvalue weighted by molar-refractivity contribution is -0.127. The van der Waals surface area contributed by atoms with E-state index in [9.17, 15) is 4.79 Å². The van der Waals surface area contributed by atoms with Crippen LogP contribution in [0.1, 0.15) is 11.3 Å². The molecule has 0 bridgehead atoms. The smallest absolute Gasteiger partial charge is 0.243 e. The molecule has 6 nitrogen and oxygen atoms in total. The molecule has 1 heterocycles. The largest absolute Gasteiger partial charge is 0.469 e. The highest BCUT2D eigenvalue weighted by atomic mass is 127. The SMILES string of the molecule is CN(C)C(=O)CN=C(NCCc1ccco1)N(C)Cc1ccccc1Br.I. The number of halogens is 2. The highest BCUT2D eigenvalue weighted by molar-refractivity contribution is 14.0. The van der Waals surface area contributed by atoms with Gasteiger partial charge in [-0.3, -0.25) is 4.79 Å². The van der Waals surface area contributed by atoms with Crippen LogP contribution in [-0.2, 0) is 17.8 Å². The summed E-state index contributed by atoms with van der Waals surface area (Å²) in [5, 5.41) is 3.32. The highest BCUT2D eigenvalue weighted by Gasteiger charge is 2.11. The van der Waals surface area contributed by atoms with Gasteiger partial charge >= 0.3 is 0 Å². The fourth-order valence-corrected chi connectivity index (χ4v) is 2.72. The predicted octanol–water partition coefficient (Wildman–Crippen LogP) is 3.37. The van der Waals surface area contributed by atoms with Crippen LogP contribution in [0.2, 0.25) is 0 Å². The number of furan rings is 1. The van der Waals surface area contributed by atoms with Crippen molar-refractivity contribution in [2.45, 2.75) is 13.0 Å². The van der Waals surface area contributed by atoms with Crippen LogP contribution in [-0.4, -0.2) is 55.9 Å². The Hall–Kier alpha value is -1.55. The number of hydrogen-bond donors (Lipinski definition) is 1.